The van der Waals surface area contributed by atoms with Crippen LogP contribution in [0.5, 0.6) is 0 Å². The molecule has 1 fully saturated rings. The van der Waals surface area contributed by atoms with Gasteiger partial charge in [-0.25, -0.2) is 8.42 Å². The molecule has 1 atom stereocenters. The number of carbonyl (C=O) groups excluding carboxylic acids is 2. The second-order valence-electron chi connectivity index (χ2n) is 3.32. The molecule has 6 heteroatoms. The van der Waals surface area contributed by atoms with E-state index in [1.165, 1.54) is 7.11 Å². The molecule has 1 rings (SSSR count). The van der Waals surface area contributed by atoms with Gasteiger partial charge in [0.25, 0.3) is 0 Å². The molecule has 1 heterocycles. The summed E-state index contributed by atoms with van der Waals surface area (Å²) in [4.78, 5) is 22.1. The third-order valence-electron chi connectivity index (χ3n) is 2.24. The number of hydrogen-bond donors (Lipinski definition) is 0. The predicted molar refractivity (Wildman–Crippen MR) is 48.4 cm³/mol. The molecule has 80 valence electrons. The normalized spacial score (nSPS) is 25.8. The molecular weight excluding hydrogens is 208 g/mol. The average molecular weight is 220 g/mol. The Kier molecular flexibility index (Phi) is 3.25. The molecule has 0 N–H and O–H groups in total. The number of carbonyl (C=O) groups is 2. The molecule has 5 nitrogen and oxygen atoms in total. The zero-order chi connectivity index (χ0) is 10.8. The molecule has 1 saturated heterocycles. The lowest BCUT2D eigenvalue weighted by atomic mass is 9.98. The molecule has 0 bridgehead atoms. The number of Topliss-reactive ketones (excluding diaryl/α,β-unsaturated/α-hetero) is 1. The summed E-state index contributed by atoms with van der Waals surface area (Å²) in [7, 11) is -1.97. The van der Waals surface area contributed by atoms with Gasteiger partial charge < -0.3 is 4.74 Å². The molecule has 0 amide bonds. The summed E-state index contributed by atoms with van der Waals surface area (Å²) in [5.74, 6) is -1.77. The minimum Gasteiger partial charge on any atom is -0.469 e. The van der Waals surface area contributed by atoms with Gasteiger partial charge in [-0.3, -0.25) is 9.59 Å². The first-order valence-electron chi connectivity index (χ1n) is 4.24. The number of hydrogen-bond acceptors (Lipinski definition) is 5. The van der Waals surface area contributed by atoms with Crippen molar-refractivity contribution < 1.29 is 22.7 Å². The predicted octanol–water partition coefficient (Wildman–Crippen LogP) is -0.447. The Balaban J connectivity index is 2.59. The molecule has 1 aliphatic heterocycles. The van der Waals surface area contributed by atoms with Gasteiger partial charge in [0.05, 0.1) is 19.3 Å². The van der Waals surface area contributed by atoms with E-state index in [1.807, 2.05) is 0 Å². The maximum absolute atomic E-state index is 11.3. The maximum Gasteiger partial charge on any atom is 0.306 e. The van der Waals surface area contributed by atoms with Crippen LogP contribution in [0.1, 0.15) is 12.8 Å². The number of methoxy groups -OCH3 is 1. The lowest BCUT2D eigenvalue weighted by Crippen LogP contribution is -2.34. The largest absolute Gasteiger partial charge is 0.469 e. The number of sulfone groups is 1. The van der Waals surface area contributed by atoms with Gasteiger partial charge in [0.15, 0.2) is 15.6 Å². The van der Waals surface area contributed by atoms with E-state index < -0.39 is 27.5 Å². The standard InChI is InChI=1S/C8H12O5S/c1-13-8(10)4-6-2-3-14(11,12)5-7(6)9/h6H,2-5H2,1H3. The first-order chi connectivity index (χ1) is 6.44. The van der Waals surface area contributed by atoms with Crippen molar-refractivity contribution in [2.75, 3.05) is 18.6 Å². The van der Waals surface area contributed by atoms with E-state index in [0.717, 1.165) is 0 Å². The van der Waals surface area contributed by atoms with Crippen molar-refractivity contribution in [2.24, 2.45) is 5.92 Å². The zero-order valence-electron chi connectivity index (χ0n) is 7.86. The SMILES string of the molecule is COC(=O)CC1CCS(=O)(=O)CC1=O. The van der Waals surface area contributed by atoms with Gasteiger partial charge in [-0.2, -0.15) is 0 Å². The fourth-order valence-corrected chi connectivity index (χ4v) is 2.85. The lowest BCUT2D eigenvalue weighted by Gasteiger charge is -2.19. The van der Waals surface area contributed by atoms with Crippen LogP contribution in [-0.2, 0) is 24.2 Å². The third-order valence-corrected chi connectivity index (χ3v) is 3.82. The Morgan fingerprint density at radius 1 is 1.57 bits per heavy atom. The number of rotatable bonds is 2. The van der Waals surface area contributed by atoms with Crippen LogP contribution >= 0.6 is 0 Å². The highest BCUT2D eigenvalue weighted by Gasteiger charge is 2.32. The molecule has 0 saturated carbocycles. The molecule has 14 heavy (non-hydrogen) atoms. The Labute approximate surface area is 82.4 Å². The highest BCUT2D eigenvalue weighted by atomic mass is 32.2. The molecule has 0 radical (unpaired) electrons. The van der Waals surface area contributed by atoms with E-state index >= 15 is 0 Å². The second kappa shape index (κ2) is 4.08. The van der Waals surface area contributed by atoms with Crippen LogP contribution in [-0.4, -0.2) is 38.8 Å². The van der Waals surface area contributed by atoms with E-state index in [0.29, 0.717) is 0 Å². The number of ether oxygens (including phenoxy) is 1. The average Bonchev–Trinajstić information content (AvgIpc) is 2.09. The van der Waals surface area contributed by atoms with Crippen molar-refractivity contribution in [3.8, 4) is 0 Å². The van der Waals surface area contributed by atoms with Gasteiger partial charge >= 0.3 is 5.97 Å². The van der Waals surface area contributed by atoms with E-state index in [2.05, 4.69) is 4.74 Å². The highest BCUT2D eigenvalue weighted by molar-refractivity contribution is 7.92. The fourth-order valence-electron chi connectivity index (χ4n) is 1.39. The van der Waals surface area contributed by atoms with Crippen molar-refractivity contribution in [2.45, 2.75) is 12.8 Å². The van der Waals surface area contributed by atoms with Crippen LogP contribution in [0.4, 0.5) is 0 Å². The number of ketones is 1. The van der Waals surface area contributed by atoms with Gasteiger partial charge in [-0.1, -0.05) is 0 Å². The first-order valence-corrected chi connectivity index (χ1v) is 6.06. The van der Waals surface area contributed by atoms with Crippen molar-refractivity contribution in [1.82, 2.24) is 0 Å². The van der Waals surface area contributed by atoms with Crippen LogP contribution in [0, 0.1) is 5.92 Å². The van der Waals surface area contributed by atoms with Crippen molar-refractivity contribution >= 4 is 21.6 Å². The van der Waals surface area contributed by atoms with Gasteiger partial charge in [0.2, 0.25) is 0 Å². The Morgan fingerprint density at radius 2 is 2.21 bits per heavy atom. The quantitative estimate of drug-likeness (QED) is 0.589. The summed E-state index contributed by atoms with van der Waals surface area (Å²) in [6, 6.07) is 0. The molecule has 0 spiro atoms. The van der Waals surface area contributed by atoms with E-state index in [-0.39, 0.29) is 24.4 Å². The number of esters is 1. The summed E-state index contributed by atoms with van der Waals surface area (Å²) in [6.07, 6.45) is 0.223. The molecule has 0 aliphatic carbocycles. The van der Waals surface area contributed by atoms with Gasteiger partial charge in [-0.15, -0.1) is 0 Å². The van der Waals surface area contributed by atoms with Crippen molar-refractivity contribution in [1.29, 1.82) is 0 Å². The van der Waals surface area contributed by atoms with E-state index in [1.54, 1.807) is 0 Å². The van der Waals surface area contributed by atoms with Gasteiger partial charge in [0.1, 0.15) is 5.75 Å². The van der Waals surface area contributed by atoms with Gasteiger partial charge in [0, 0.05) is 5.92 Å². The highest BCUT2D eigenvalue weighted by Crippen LogP contribution is 2.19. The summed E-state index contributed by atoms with van der Waals surface area (Å²) in [5.41, 5.74) is 0. The topological polar surface area (TPSA) is 77.5 Å². The summed E-state index contributed by atoms with van der Waals surface area (Å²) < 4.78 is 26.5. The molecule has 1 unspecified atom stereocenters. The molecule has 0 aromatic heterocycles. The first kappa shape index (κ1) is 11.2. The minimum atomic E-state index is -3.21. The molecule has 0 aromatic rings. The monoisotopic (exact) mass is 220 g/mol. The fraction of sp³-hybridized carbons (Fsp3) is 0.750. The second-order valence-corrected chi connectivity index (χ2v) is 5.51. The van der Waals surface area contributed by atoms with Crippen LogP contribution in [0.25, 0.3) is 0 Å². The molecule has 1 aliphatic rings. The zero-order valence-corrected chi connectivity index (χ0v) is 8.67. The van der Waals surface area contributed by atoms with Crippen molar-refractivity contribution in [3.05, 3.63) is 0 Å². The van der Waals surface area contributed by atoms with Crippen LogP contribution < -0.4 is 0 Å². The van der Waals surface area contributed by atoms with Crippen LogP contribution in [0.15, 0.2) is 0 Å². The Hall–Kier alpha value is -0.910. The van der Waals surface area contributed by atoms with Crippen LogP contribution in [0.3, 0.4) is 0 Å². The third kappa shape index (κ3) is 2.80. The molecular formula is C8H12O5S. The summed E-state index contributed by atoms with van der Waals surface area (Å²) in [5, 5.41) is 0. The maximum atomic E-state index is 11.3. The van der Waals surface area contributed by atoms with E-state index in [9.17, 15) is 18.0 Å². The smallest absolute Gasteiger partial charge is 0.306 e. The lowest BCUT2D eigenvalue weighted by molar-refractivity contribution is -0.143. The summed E-state index contributed by atoms with van der Waals surface area (Å²) in [6.45, 7) is 0. The molecule has 0 aromatic carbocycles. The van der Waals surface area contributed by atoms with Crippen LogP contribution in [0.2, 0.25) is 0 Å². The van der Waals surface area contributed by atoms with E-state index in [4.69, 9.17) is 0 Å². The van der Waals surface area contributed by atoms with Gasteiger partial charge in [-0.05, 0) is 6.42 Å². The summed E-state index contributed by atoms with van der Waals surface area (Å²) >= 11 is 0. The Morgan fingerprint density at radius 3 is 2.71 bits per heavy atom. The Bertz CT molecular complexity index is 343. The van der Waals surface area contributed by atoms with Crippen molar-refractivity contribution in [3.63, 3.8) is 0 Å². The minimum absolute atomic E-state index is 0.00907.